The van der Waals surface area contributed by atoms with E-state index in [2.05, 4.69) is 98.8 Å². The van der Waals surface area contributed by atoms with Crippen molar-refractivity contribution in [2.24, 2.45) is 0 Å². The molecule has 7 aromatic carbocycles. The molecule has 4 nitrogen and oxygen atoms in total. The number of para-hydroxylation sites is 1. The summed E-state index contributed by atoms with van der Waals surface area (Å²) in [6.45, 7) is 6.20. The summed E-state index contributed by atoms with van der Waals surface area (Å²) in [5.41, 5.74) is 4.12. The number of ether oxygens (including phenoxy) is 3. The van der Waals surface area contributed by atoms with E-state index in [1.165, 1.54) is 0 Å². The van der Waals surface area contributed by atoms with Gasteiger partial charge in [-0.3, -0.25) is 0 Å². The van der Waals surface area contributed by atoms with Crippen molar-refractivity contribution in [1.82, 2.24) is 0 Å². The molecule has 0 spiro atoms. The Morgan fingerprint density at radius 3 is 1.87 bits per heavy atom. The van der Waals surface area contributed by atoms with Gasteiger partial charge in [-0.2, -0.15) is 0 Å². The van der Waals surface area contributed by atoms with Crippen molar-refractivity contribution in [2.75, 3.05) is 0 Å². The largest absolute Gasteiger partial charge is 0.472 e. The summed E-state index contributed by atoms with van der Waals surface area (Å²) in [7, 11) is 0. The molecule has 0 saturated heterocycles. The van der Waals surface area contributed by atoms with Crippen LogP contribution >= 0.6 is 0 Å². The fraction of sp³-hybridized carbons (Fsp3) is 0.125. The highest BCUT2D eigenvalue weighted by Crippen LogP contribution is 2.59. The average Bonchev–Trinajstić information content (AvgIpc) is 3.18. The van der Waals surface area contributed by atoms with Crippen LogP contribution in [-0.4, -0.2) is 5.11 Å². The molecule has 1 N–H and O–H groups in total. The summed E-state index contributed by atoms with van der Waals surface area (Å²) in [6.07, 6.45) is 4.27. The van der Waals surface area contributed by atoms with Crippen LogP contribution in [0.5, 0.6) is 28.7 Å². The smallest absolute Gasteiger partial charge is 0.178 e. The molecule has 7 aromatic rings. The second-order valence-corrected chi connectivity index (χ2v) is 14.2. The number of rotatable bonds is 6. The van der Waals surface area contributed by atoms with Crippen LogP contribution in [-0.2, 0) is 16.6 Å². The Bertz CT molecular complexity index is 2380. The van der Waals surface area contributed by atoms with E-state index in [1.54, 1.807) is 12.1 Å². The van der Waals surface area contributed by atoms with Crippen LogP contribution in [0, 0.1) is 12.1 Å². The van der Waals surface area contributed by atoms with Crippen LogP contribution in [0.25, 0.3) is 28.0 Å². The van der Waals surface area contributed by atoms with Gasteiger partial charge < -0.3 is 19.3 Å². The summed E-state index contributed by atoms with van der Waals surface area (Å²) >= 11 is 0. The molecule has 0 radical (unpaired) electrons. The number of fused-ring (bicyclic) bond motifs is 8. The van der Waals surface area contributed by atoms with E-state index in [4.69, 9.17) is 14.2 Å². The molecular formula is C48H36O4. The van der Waals surface area contributed by atoms with Gasteiger partial charge in [-0.1, -0.05) is 123 Å². The van der Waals surface area contributed by atoms with Crippen molar-refractivity contribution in [2.45, 2.75) is 37.4 Å². The van der Waals surface area contributed by atoms with Crippen molar-refractivity contribution in [3.05, 3.63) is 192 Å². The fourth-order valence-corrected chi connectivity index (χ4v) is 7.87. The van der Waals surface area contributed by atoms with Gasteiger partial charge in [0.2, 0.25) is 0 Å². The molecule has 1 aliphatic carbocycles. The Balaban J connectivity index is 1.23. The normalized spacial score (nSPS) is 17.5. The lowest BCUT2D eigenvalue weighted by molar-refractivity contribution is -0.0156. The van der Waals surface area contributed by atoms with Crippen molar-refractivity contribution in [1.29, 1.82) is 0 Å². The van der Waals surface area contributed by atoms with Crippen LogP contribution in [0.3, 0.4) is 0 Å². The van der Waals surface area contributed by atoms with Gasteiger partial charge in [0.05, 0.1) is 5.60 Å². The van der Waals surface area contributed by atoms with Gasteiger partial charge in [0.1, 0.15) is 28.7 Å². The second kappa shape index (κ2) is 11.9. The quantitative estimate of drug-likeness (QED) is 0.190. The first kappa shape index (κ1) is 31.7. The zero-order valence-corrected chi connectivity index (χ0v) is 29.2. The van der Waals surface area contributed by atoms with Crippen LogP contribution in [0.4, 0.5) is 0 Å². The molecule has 0 fully saturated rings. The molecule has 1 aliphatic heterocycles. The van der Waals surface area contributed by atoms with Gasteiger partial charge in [0.15, 0.2) is 5.60 Å². The van der Waals surface area contributed by atoms with E-state index < -0.39 is 16.6 Å². The second-order valence-electron chi connectivity index (χ2n) is 14.2. The third kappa shape index (κ3) is 4.89. The molecule has 1 heterocycles. The molecule has 0 amide bonds. The van der Waals surface area contributed by atoms with E-state index >= 15 is 0 Å². The third-order valence-corrected chi connectivity index (χ3v) is 10.9. The van der Waals surface area contributed by atoms with Gasteiger partial charge in [-0.05, 0) is 83.6 Å². The molecule has 9 rings (SSSR count). The molecule has 4 heteroatoms. The summed E-state index contributed by atoms with van der Waals surface area (Å²) in [5.74, 6) is 3.60. The molecular weight excluding hydrogens is 641 g/mol. The minimum absolute atomic E-state index is 0.575. The first-order chi connectivity index (χ1) is 25.3. The van der Waals surface area contributed by atoms with E-state index in [0.717, 1.165) is 67.0 Å². The molecule has 0 saturated carbocycles. The predicted molar refractivity (Wildman–Crippen MR) is 206 cm³/mol. The Morgan fingerprint density at radius 1 is 0.596 bits per heavy atom. The molecule has 0 aromatic heterocycles. The first-order valence-electron chi connectivity index (χ1n) is 17.6. The molecule has 2 unspecified atom stereocenters. The van der Waals surface area contributed by atoms with Crippen molar-refractivity contribution >= 4 is 16.8 Å². The van der Waals surface area contributed by atoms with E-state index in [0.29, 0.717) is 11.5 Å². The molecule has 2 aliphatic rings. The molecule has 52 heavy (non-hydrogen) atoms. The Hall–Kier alpha value is -6.28. The summed E-state index contributed by atoms with van der Waals surface area (Å²) in [6, 6.07) is 54.0. The lowest BCUT2D eigenvalue weighted by atomic mass is 9.59. The molecule has 2 atom stereocenters. The first-order valence-corrected chi connectivity index (χ1v) is 17.6. The van der Waals surface area contributed by atoms with E-state index in [9.17, 15) is 5.11 Å². The lowest BCUT2D eigenvalue weighted by Crippen LogP contribution is -2.46. The van der Waals surface area contributed by atoms with Gasteiger partial charge >= 0.3 is 0 Å². The van der Waals surface area contributed by atoms with Crippen LogP contribution in [0.15, 0.2) is 152 Å². The Morgan fingerprint density at radius 2 is 1.19 bits per heavy atom. The number of benzene rings is 6. The highest BCUT2D eigenvalue weighted by atomic mass is 16.5. The zero-order valence-electron chi connectivity index (χ0n) is 29.2. The standard InChI is InChI=1S/C48H36O4/c1-46(2)42-21-13-12-20-40(42)43-38-18-10-11-19-39(38)45-41(44(43)47(46,3)49)30-31-48(52-45,32-22-26-36(27-23-32)50-34-14-6-4-7-15-34)33-24-28-37(29-25-33)51-35-16-8-5-9-17-35/h4,6-8,10-31,49H,1-3H3. The van der Waals surface area contributed by atoms with Crippen LogP contribution in [0.2, 0.25) is 0 Å². The summed E-state index contributed by atoms with van der Waals surface area (Å²) in [5, 5.41) is 14.7. The summed E-state index contributed by atoms with van der Waals surface area (Å²) < 4.78 is 19.7. The maximum absolute atomic E-state index is 12.7. The van der Waals surface area contributed by atoms with Gasteiger partial charge in [-0.25, -0.2) is 0 Å². The van der Waals surface area contributed by atoms with Crippen molar-refractivity contribution in [3.63, 3.8) is 0 Å². The van der Waals surface area contributed by atoms with Gasteiger partial charge in [-0.15, -0.1) is 0 Å². The number of hydrogen-bond donors (Lipinski definition) is 1. The third-order valence-electron chi connectivity index (χ3n) is 10.9. The number of aliphatic hydroxyl groups is 1. The van der Waals surface area contributed by atoms with Crippen molar-refractivity contribution < 1.29 is 19.3 Å². The van der Waals surface area contributed by atoms with E-state index in [1.807, 2.05) is 79.7 Å². The lowest BCUT2D eigenvalue weighted by Gasteiger charge is -2.49. The average molecular weight is 677 g/mol. The Kier molecular flexibility index (Phi) is 7.26. The minimum atomic E-state index is -1.21. The highest BCUT2D eigenvalue weighted by molar-refractivity contribution is 6.07. The van der Waals surface area contributed by atoms with E-state index in [-0.39, 0.29) is 0 Å². The number of hydrogen-bond acceptors (Lipinski definition) is 4. The van der Waals surface area contributed by atoms with Crippen LogP contribution in [0.1, 0.15) is 48.6 Å². The van der Waals surface area contributed by atoms with Crippen molar-refractivity contribution in [3.8, 4) is 39.9 Å². The minimum Gasteiger partial charge on any atom is -0.472 e. The monoisotopic (exact) mass is 676 g/mol. The zero-order chi connectivity index (χ0) is 35.5. The molecule has 252 valence electrons. The summed E-state index contributed by atoms with van der Waals surface area (Å²) in [4.78, 5) is 0. The topological polar surface area (TPSA) is 47.9 Å². The predicted octanol–water partition coefficient (Wildman–Crippen LogP) is 11.5. The van der Waals surface area contributed by atoms with Crippen LogP contribution < -0.4 is 14.2 Å². The van der Waals surface area contributed by atoms with Gasteiger partial charge in [0.25, 0.3) is 0 Å². The maximum Gasteiger partial charge on any atom is 0.178 e. The molecule has 0 bridgehead atoms. The van der Waals surface area contributed by atoms with Gasteiger partial charge in [0, 0.05) is 39.1 Å². The SMILES string of the molecule is CC1(C)c2ccccc2-c2c(c3c(c4ccccc24)OC(c2ccc(Oc4cc#ccc4)cc2)(c2ccc(Oc4ccccc4)cc2)C=C3)C1(C)O. The maximum atomic E-state index is 12.7. The highest BCUT2D eigenvalue weighted by Gasteiger charge is 2.51. The fourth-order valence-electron chi connectivity index (χ4n) is 7.87. The Labute approximate surface area is 304 Å².